The normalized spacial score (nSPS) is 10.6. The van der Waals surface area contributed by atoms with Crippen molar-refractivity contribution in [3.8, 4) is 11.8 Å². The number of hydrogen-bond acceptors (Lipinski definition) is 4. The van der Waals surface area contributed by atoms with Gasteiger partial charge in [-0.25, -0.2) is 0 Å². The number of aliphatic hydroxyl groups excluding tert-OH is 1. The standard InChI is InChI=1S/C15H20N2O3/c1-15(2,11-20-3)17-14(19)13-8-12(9-16-10-13)6-4-5-7-18/h8-10,18H,5,7,11H2,1-3H3,(H,17,19). The second-order valence-corrected chi connectivity index (χ2v) is 5.01. The van der Waals surface area contributed by atoms with E-state index in [9.17, 15) is 4.79 Å². The second-order valence-electron chi connectivity index (χ2n) is 5.01. The van der Waals surface area contributed by atoms with Gasteiger partial charge in [-0.1, -0.05) is 11.8 Å². The van der Waals surface area contributed by atoms with Crippen LogP contribution < -0.4 is 5.32 Å². The Labute approximate surface area is 119 Å². The van der Waals surface area contributed by atoms with Crippen molar-refractivity contribution in [3.63, 3.8) is 0 Å². The summed E-state index contributed by atoms with van der Waals surface area (Å²) in [4.78, 5) is 16.1. The maximum atomic E-state index is 12.1. The third-order valence-corrected chi connectivity index (χ3v) is 2.43. The molecule has 2 N–H and O–H groups in total. The number of hydrogen-bond donors (Lipinski definition) is 2. The van der Waals surface area contributed by atoms with E-state index in [1.165, 1.54) is 6.20 Å². The molecule has 0 atom stereocenters. The summed E-state index contributed by atoms with van der Waals surface area (Å²) in [6.45, 7) is 4.20. The first-order chi connectivity index (χ1) is 9.48. The average molecular weight is 276 g/mol. The van der Waals surface area contributed by atoms with Gasteiger partial charge < -0.3 is 15.2 Å². The molecular weight excluding hydrogens is 256 g/mol. The van der Waals surface area contributed by atoms with Crippen molar-refractivity contribution in [2.24, 2.45) is 0 Å². The van der Waals surface area contributed by atoms with Crippen molar-refractivity contribution < 1.29 is 14.6 Å². The van der Waals surface area contributed by atoms with E-state index in [0.717, 1.165) is 0 Å². The number of methoxy groups -OCH3 is 1. The van der Waals surface area contributed by atoms with Crippen LogP contribution in [0.15, 0.2) is 18.5 Å². The molecule has 1 rings (SSSR count). The summed E-state index contributed by atoms with van der Waals surface area (Å²) in [7, 11) is 1.59. The van der Waals surface area contributed by atoms with Crippen LogP contribution >= 0.6 is 0 Å². The van der Waals surface area contributed by atoms with Crippen LogP contribution in [0.4, 0.5) is 0 Å². The lowest BCUT2D eigenvalue weighted by Gasteiger charge is -2.25. The Balaban J connectivity index is 2.79. The number of carbonyl (C=O) groups is 1. The topological polar surface area (TPSA) is 71.5 Å². The monoisotopic (exact) mass is 276 g/mol. The number of nitrogens with zero attached hydrogens (tertiary/aromatic N) is 1. The van der Waals surface area contributed by atoms with E-state index in [0.29, 0.717) is 24.2 Å². The van der Waals surface area contributed by atoms with Gasteiger partial charge in [-0.05, 0) is 19.9 Å². The fraction of sp³-hybridized carbons (Fsp3) is 0.467. The molecule has 20 heavy (non-hydrogen) atoms. The minimum Gasteiger partial charge on any atom is -0.395 e. The van der Waals surface area contributed by atoms with Gasteiger partial charge in [0.25, 0.3) is 5.91 Å². The molecule has 0 saturated heterocycles. The Kier molecular flexibility index (Phi) is 6.16. The molecule has 5 nitrogen and oxygen atoms in total. The highest BCUT2D eigenvalue weighted by Crippen LogP contribution is 2.07. The fourth-order valence-corrected chi connectivity index (χ4v) is 1.63. The van der Waals surface area contributed by atoms with Crippen molar-refractivity contribution in [1.29, 1.82) is 0 Å². The van der Waals surface area contributed by atoms with Crippen LogP contribution in [0.1, 0.15) is 36.2 Å². The number of nitrogens with one attached hydrogen (secondary N) is 1. The van der Waals surface area contributed by atoms with E-state index in [4.69, 9.17) is 9.84 Å². The van der Waals surface area contributed by atoms with E-state index < -0.39 is 5.54 Å². The van der Waals surface area contributed by atoms with Gasteiger partial charge in [0.1, 0.15) is 0 Å². The van der Waals surface area contributed by atoms with Crippen molar-refractivity contribution in [1.82, 2.24) is 10.3 Å². The van der Waals surface area contributed by atoms with E-state index in [1.807, 2.05) is 13.8 Å². The fourth-order valence-electron chi connectivity index (χ4n) is 1.63. The number of amides is 1. The molecule has 108 valence electrons. The van der Waals surface area contributed by atoms with Crippen molar-refractivity contribution in [3.05, 3.63) is 29.6 Å². The second kappa shape index (κ2) is 7.63. The number of carbonyl (C=O) groups excluding carboxylic acids is 1. The zero-order valence-electron chi connectivity index (χ0n) is 12.1. The molecule has 0 bridgehead atoms. The maximum absolute atomic E-state index is 12.1. The van der Waals surface area contributed by atoms with E-state index in [-0.39, 0.29) is 12.5 Å². The first-order valence-corrected chi connectivity index (χ1v) is 6.35. The summed E-state index contributed by atoms with van der Waals surface area (Å²) in [5, 5.41) is 11.5. The molecule has 0 radical (unpaired) electrons. The Hall–Kier alpha value is -1.90. The van der Waals surface area contributed by atoms with Crippen molar-refractivity contribution in [2.75, 3.05) is 20.3 Å². The van der Waals surface area contributed by atoms with Gasteiger partial charge in [-0.2, -0.15) is 0 Å². The smallest absolute Gasteiger partial charge is 0.253 e. The third kappa shape index (κ3) is 5.39. The quantitative estimate of drug-likeness (QED) is 0.786. The average Bonchev–Trinajstić information content (AvgIpc) is 2.38. The van der Waals surface area contributed by atoms with Gasteiger partial charge in [0.05, 0.1) is 24.3 Å². The Bertz CT molecular complexity index is 515. The summed E-state index contributed by atoms with van der Waals surface area (Å²) < 4.78 is 5.06. The molecule has 0 aliphatic rings. The molecule has 0 aliphatic carbocycles. The largest absolute Gasteiger partial charge is 0.395 e. The minimum absolute atomic E-state index is 0.0197. The number of aromatic nitrogens is 1. The zero-order valence-corrected chi connectivity index (χ0v) is 12.1. The van der Waals surface area contributed by atoms with Crippen LogP contribution in [0, 0.1) is 11.8 Å². The number of pyridine rings is 1. The zero-order chi connectivity index (χ0) is 15.0. The van der Waals surface area contributed by atoms with Crippen LogP contribution in [0.5, 0.6) is 0 Å². The molecule has 0 unspecified atom stereocenters. The van der Waals surface area contributed by atoms with E-state index in [2.05, 4.69) is 22.1 Å². The predicted octanol–water partition coefficient (Wildman–Crippen LogP) is 0.970. The number of ether oxygens (including phenoxy) is 1. The summed E-state index contributed by atoms with van der Waals surface area (Å²) in [5.74, 6) is 5.43. The van der Waals surface area contributed by atoms with E-state index in [1.54, 1.807) is 19.4 Å². The molecular formula is C15H20N2O3. The lowest BCUT2D eigenvalue weighted by Crippen LogP contribution is -2.46. The molecule has 0 spiro atoms. The molecule has 0 aliphatic heterocycles. The molecule has 1 aromatic rings. The molecule has 0 saturated carbocycles. The predicted molar refractivity (Wildman–Crippen MR) is 76.2 cm³/mol. The SMILES string of the molecule is COCC(C)(C)NC(=O)c1cncc(C#CCCO)c1. The first-order valence-electron chi connectivity index (χ1n) is 6.35. The van der Waals surface area contributed by atoms with Crippen molar-refractivity contribution in [2.45, 2.75) is 25.8 Å². The lowest BCUT2D eigenvalue weighted by atomic mass is 10.1. The lowest BCUT2D eigenvalue weighted by molar-refractivity contribution is 0.0819. The van der Waals surface area contributed by atoms with Gasteiger partial charge in [-0.15, -0.1) is 0 Å². The van der Waals surface area contributed by atoms with Gasteiger partial charge >= 0.3 is 0 Å². The van der Waals surface area contributed by atoms with Gasteiger partial charge in [-0.3, -0.25) is 9.78 Å². The number of rotatable bonds is 5. The van der Waals surface area contributed by atoms with Crippen LogP contribution in [0.2, 0.25) is 0 Å². The minimum atomic E-state index is -0.454. The molecule has 0 fully saturated rings. The van der Waals surface area contributed by atoms with Crippen LogP contribution in [0.3, 0.4) is 0 Å². The maximum Gasteiger partial charge on any atom is 0.253 e. The molecule has 0 aromatic carbocycles. The molecule has 1 aromatic heterocycles. The highest BCUT2D eigenvalue weighted by atomic mass is 16.5. The van der Waals surface area contributed by atoms with Crippen LogP contribution in [-0.2, 0) is 4.74 Å². The van der Waals surface area contributed by atoms with E-state index >= 15 is 0 Å². The van der Waals surface area contributed by atoms with Gasteiger partial charge in [0.15, 0.2) is 0 Å². The third-order valence-electron chi connectivity index (χ3n) is 2.43. The Morgan fingerprint density at radius 1 is 1.50 bits per heavy atom. The van der Waals surface area contributed by atoms with Gasteiger partial charge in [0.2, 0.25) is 0 Å². The Morgan fingerprint density at radius 3 is 2.90 bits per heavy atom. The summed E-state index contributed by atoms with van der Waals surface area (Å²) in [6, 6.07) is 1.68. The van der Waals surface area contributed by atoms with Crippen LogP contribution in [-0.4, -0.2) is 41.9 Å². The summed E-state index contributed by atoms with van der Waals surface area (Å²) in [5.41, 5.74) is 0.644. The first kappa shape index (κ1) is 16.2. The summed E-state index contributed by atoms with van der Waals surface area (Å²) >= 11 is 0. The van der Waals surface area contributed by atoms with Crippen molar-refractivity contribution >= 4 is 5.91 Å². The van der Waals surface area contributed by atoms with Gasteiger partial charge in [0, 0.05) is 31.5 Å². The highest BCUT2D eigenvalue weighted by molar-refractivity contribution is 5.94. The molecule has 5 heteroatoms. The number of aliphatic hydroxyl groups is 1. The summed E-state index contributed by atoms with van der Waals surface area (Å²) in [6.07, 6.45) is 3.48. The van der Waals surface area contributed by atoms with Crippen LogP contribution in [0.25, 0.3) is 0 Å². The highest BCUT2D eigenvalue weighted by Gasteiger charge is 2.21. The molecule has 1 heterocycles. The Morgan fingerprint density at radius 2 is 2.25 bits per heavy atom. The molecule has 1 amide bonds.